The van der Waals surface area contributed by atoms with Crippen molar-refractivity contribution in [2.45, 2.75) is 18.8 Å². The van der Waals surface area contributed by atoms with Gasteiger partial charge >= 0.3 is 11.8 Å². The van der Waals surface area contributed by atoms with Crippen LogP contribution in [0.4, 0.5) is 17.6 Å². The van der Waals surface area contributed by atoms with Crippen molar-refractivity contribution < 1.29 is 31.8 Å². The number of alkyl halides is 4. The van der Waals surface area contributed by atoms with E-state index in [2.05, 4.69) is 4.74 Å². The van der Waals surface area contributed by atoms with Crippen LogP contribution in [0.5, 0.6) is 0 Å². The van der Waals surface area contributed by atoms with E-state index in [0.29, 0.717) is 0 Å². The number of halogens is 4. The summed E-state index contributed by atoms with van der Waals surface area (Å²) in [4.78, 5) is 11.0. The largest absolute Gasteiger partial charge is 0.465 e. The van der Waals surface area contributed by atoms with E-state index in [1.54, 1.807) is 0 Å². The van der Waals surface area contributed by atoms with Crippen LogP contribution in [0.25, 0.3) is 0 Å². The van der Waals surface area contributed by atoms with Crippen LogP contribution in [-0.4, -0.2) is 17.6 Å². The lowest BCUT2D eigenvalue weighted by atomic mass is 9.95. The number of ether oxygens (including phenoxy) is 2. The number of allylic oxidation sites excluding steroid dienone is 5. The predicted molar refractivity (Wildman–Crippen MR) is 56.1 cm³/mol. The zero-order valence-corrected chi connectivity index (χ0v) is 9.62. The van der Waals surface area contributed by atoms with Gasteiger partial charge in [-0.2, -0.15) is 17.6 Å². The van der Waals surface area contributed by atoms with E-state index >= 15 is 0 Å². The standard InChI is InChI=1S/C12H8F4O3/c1-7(17)9-5-18-6-10(19-9)8-3-2-4-11(13,14)12(8,15)16/h2-6H,1H3. The van der Waals surface area contributed by atoms with Gasteiger partial charge in [0, 0.05) is 6.92 Å². The van der Waals surface area contributed by atoms with E-state index in [4.69, 9.17) is 4.74 Å². The third-order valence-corrected chi connectivity index (χ3v) is 2.51. The number of hydrogen-bond acceptors (Lipinski definition) is 3. The first-order chi connectivity index (χ1) is 8.75. The third-order valence-electron chi connectivity index (χ3n) is 2.51. The van der Waals surface area contributed by atoms with Crippen molar-refractivity contribution in [3.63, 3.8) is 0 Å². The fourth-order valence-corrected chi connectivity index (χ4v) is 1.49. The molecule has 2 rings (SSSR count). The Hall–Kier alpha value is -2.05. The number of Topliss-reactive ketones (excluding diaryl/α,β-unsaturated/α-hetero) is 1. The maximum Gasteiger partial charge on any atom is 0.342 e. The quantitative estimate of drug-likeness (QED) is 0.727. The molecule has 0 bridgehead atoms. The van der Waals surface area contributed by atoms with Crippen LogP contribution in [0.2, 0.25) is 0 Å². The molecule has 0 fully saturated rings. The van der Waals surface area contributed by atoms with Crippen molar-refractivity contribution >= 4 is 5.78 Å². The van der Waals surface area contributed by atoms with E-state index in [0.717, 1.165) is 31.6 Å². The fourth-order valence-electron chi connectivity index (χ4n) is 1.49. The highest BCUT2D eigenvalue weighted by Crippen LogP contribution is 2.46. The number of hydrogen-bond donors (Lipinski definition) is 0. The van der Waals surface area contributed by atoms with E-state index < -0.39 is 29.0 Å². The lowest BCUT2D eigenvalue weighted by molar-refractivity contribution is -0.156. The molecule has 0 radical (unpaired) electrons. The van der Waals surface area contributed by atoms with Gasteiger partial charge in [-0.15, -0.1) is 0 Å². The van der Waals surface area contributed by atoms with Crippen molar-refractivity contribution in [3.8, 4) is 0 Å². The van der Waals surface area contributed by atoms with Crippen LogP contribution >= 0.6 is 0 Å². The molecular weight excluding hydrogens is 268 g/mol. The van der Waals surface area contributed by atoms with Gasteiger partial charge in [-0.25, -0.2) is 0 Å². The van der Waals surface area contributed by atoms with E-state index in [-0.39, 0.29) is 11.8 Å². The molecule has 7 heteroatoms. The number of ketones is 1. The number of rotatable bonds is 2. The van der Waals surface area contributed by atoms with Crippen LogP contribution in [0.3, 0.4) is 0 Å². The van der Waals surface area contributed by atoms with Gasteiger partial charge in [0.2, 0.25) is 5.76 Å². The molecule has 0 atom stereocenters. The zero-order chi connectivity index (χ0) is 14.3. The summed E-state index contributed by atoms with van der Waals surface area (Å²) in [5.74, 6) is -10.3. The first-order valence-electron chi connectivity index (χ1n) is 5.16. The van der Waals surface area contributed by atoms with Gasteiger partial charge in [0.25, 0.3) is 0 Å². The third kappa shape index (κ3) is 2.16. The molecule has 0 saturated carbocycles. The second-order valence-corrected chi connectivity index (χ2v) is 3.90. The van der Waals surface area contributed by atoms with Crippen LogP contribution in [-0.2, 0) is 14.3 Å². The van der Waals surface area contributed by atoms with Gasteiger partial charge in [-0.1, -0.05) is 6.08 Å². The van der Waals surface area contributed by atoms with Crippen molar-refractivity contribution in [3.05, 3.63) is 47.8 Å². The highest BCUT2D eigenvalue weighted by Gasteiger charge is 2.59. The fraction of sp³-hybridized carbons (Fsp3) is 0.250. The SMILES string of the molecule is CC(=O)C1=COC=C(C2=CC=CC(F)(F)C2(F)F)O1. The molecule has 0 unspecified atom stereocenters. The van der Waals surface area contributed by atoms with E-state index in [9.17, 15) is 22.4 Å². The van der Waals surface area contributed by atoms with Crippen LogP contribution in [0.15, 0.2) is 47.8 Å². The lowest BCUT2D eigenvalue weighted by Crippen LogP contribution is -2.42. The highest BCUT2D eigenvalue weighted by atomic mass is 19.3. The number of carbonyl (C=O) groups is 1. The first-order valence-corrected chi connectivity index (χ1v) is 5.16. The van der Waals surface area contributed by atoms with Gasteiger partial charge < -0.3 is 9.47 Å². The lowest BCUT2D eigenvalue weighted by Gasteiger charge is -2.30. The van der Waals surface area contributed by atoms with E-state index in [1.807, 2.05) is 0 Å². The minimum absolute atomic E-state index is 0.0997. The summed E-state index contributed by atoms with van der Waals surface area (Å²) in [7, 11) is 0. The molecule has 19 heavy (non-hydrogen) atoms. The summed E-state index contributed by atoms with van der Waals surface area (Å²) >= 11 is 0. The molecule has 0 aromatic rings. The Kier molecular flexibility index (Phi) is 3.00. The van der Waals surface area contributed by atoms with Crippen LogP contribution in [0.1, 0.15) is 6.92 Å². The maximum atomic E-state index is 13.6. The average molecular weight is 276 g/mol. The molecular formula is C12H8F4O3. The van der Waals surface area contributed by atoms with Gasteiger partial charge in [-0.05, 0) is 12.2 Å². The summed E-state index contributed by atoms with van der Waals surface area (Å²) in [5, 5.41) is 0. The summed E-state index contributed by atoms with van der Waals surface area (Å²) in [6, 6.07) is 0. The number of carbonyl (C=O) groups excluding carboxylic acids is 1. The van der Waals surface area contributed by atoms with Gasteiger partial charge in [0.15, 0.2) is 11.5 Å². The molecule has 3 nitrogen and oxygen atoms in total. The molecule has 1 heterocycles. The monoisotopic (exact) mass is 276 g/mol. The minimum Gasteiger partial charge on any atom is -0.465 e. The minimum atomic E-state index is -4.45. The van der Waals surface area contributed by atoms with Gasteiger partial charge in [0.1, 0.15) is 12.5 Å². The summed E-state index contributed by atoms with van der Waals surface area (Å²) in [6.45, 7) is 1.13. The van der Waals surface area contributed by atoms with Gasteiger partial charge in [0.05, 0.1) is 5.57 Å². The van der Waals surface area contributed by atoms with Crippen molar-refractivity contribution in [1.82, 2.24) is 0 Å². The van der Waals surface area contributed by atoms with Crippen molar-refractivity contribution in [2.75, 3.05) is 0 Å². The van der Waals surface area contributed by atoms with Crippen molar-refractivity contribution in [2.24, 2.45) is 0 Å². The molecule has 0 spiro atoms. The molecule has 0 saturated heterocycles. The maximum absolute atomic E-state index is 13.6. The van der Waals surface area contributed by atoms with Gasteiger partial charge in [-0.3, -0.25) is 4.79 Å². The van der Waals surface area contributed by atoms with Crippen LogP contribution < -0.4 is 0 Å². The Morgan fingerprint density at radius 3 is 2.53 bits per heavy atom. The van der Waals surface area contributed by atoms with Crippen LogP contribution in [0, 0.1) is 0 Å². The van der Waals surface area contributed by atoms with E-state index in [1.165, 1.54) is 0 Å². The first kappa shape index (κ1) is 13.4. The predicted octanol–water partition coefficient (Wildman–Crippen LogP) is 3.07. The molecule has 0 N–H and O–H groups in total. The summed E-state index contributed by atoms with van der Waals surface area (Å²) < 4.78 is 63.0. The zero-order valence-electron chi connectivity index (χ0n) is 9.62. The average Bonchev–Trinajstić information content (AvgIpc) is 2.33. The topological polar surface area (TPSA) is 35.5 Å². The summed E-state index contributed by atoms with van der Waals surface area (Å²) in [5.41, 5.74) is -1.05. The second kappa shape index (κ2) is 4.25. The molecule has 102 valence electrons. The Bertz CT molecular complexity index is 541. The Balaban J connectivity index is 2.33. The molecule has 0 amide bonds. The van der Waals surface area contributed by atoms with Crippen molar-refractivity contribution in [1.29, 1.82) is 0 Å². The molecule has 2 aliphatic rings. The highest BCUT2D eigenvalue weighted by molar-refractivity contribution is 5.91. The molecule has 1 aliphatic carbocycles. The Morgan fingerprint density at radius 1 is 1.21 bits per heavy atom. The molecule has 0 aromatic heterocycles. The molecule has 1 aliphatic heterocycles. The Labute approximate surface area is 105 Å². The molecule has 0 aromatic carbocycles. The Morgan fingerprint density at radius 2 is 1.89 bits per heavy atom. The smallest absolute Gasteiger partial charge is 0.342 e. The normalized spacial score (nSPS) is 23.5. The second-order valence-electron chi connectivity index (χ2n) is 3.90. The summed E-state index contributed by atoms with van der Waals surface area (Å²) in [6.07, 6.45) is 3.32.